The number of fused-ring (bicyclic) bond motifs is 9. The van der Waals surface area contributed by atoms with E-state index in [1.165, 1.54) is 35.2 Å². The molecule has 3 N–H and O–H groups in total. The summed E-state index contributed by atoms with van der Waals surface area (Å²) in [7, 11) is 0. The summed E-state index contributed by atoms with van der Waals surface area (Å²) in [6, 6.07) is 6.17. The van der Waals surface area contributed by atoms with Crippen molar-refractivity contribution < 1.29 is 22.7 Å². The molecule has 1 saturated carbocycles. The number of amides is 1. The number of ether oxygens (including phenoxy) is 1. The Morgan fingerprint density at radius 1 is 1.25 bits per heavy atom. The topological polar surface area (TPSA) is 144 Å². The predicted molar refractivity (Wildman–Crippen MR) is 133 cm³/mol. The van der Waals surface area contributed by atoms with Gasteiger partial charge in [-0.3, -0.25) is 4.79 Å². The lowest BCUT2D eigenvalue weighted by molar-refractivity contribution is -0.0505. The zero-order valence-electron chi connectivity index (χ0n) is 21.0. The van der Waals surface area contributed by atoms with Gasteiger partial charge in [-0.05, 0) is 38.3 Å². The van der Waals surface area contributed by atoms with Crippen molar-refractivity contribution in [1.82, 2.24) is 29.9 Å². The molecule has 1 fully saturated rings. The van der Waals surface area contributed by atoms with Crippen LogP contribution in [0.5, 0.6) is 5.75 Å². The van der Waals surface area contributed by atoms with Gasteiger partial charge in [-0.1, -0.05) is 6.07 Å². The lowest BCUT2D eigenvalue weighted by Crippen LogP contribution is -2.54. The quantitative estimate of drug-likeness (QED) is 0.394. The number of nitriles is 1. The van der Waals surface area contributed by atoms with Crippen molar-refractivity contribution in [3.63, 3.8) is 0 Å². The normalized spacial score (nSPS) is 26.5. The van der Waals surface area contributed by atoms with Gasteiger partial charge in [0, 0.05) is 40.6 Å². The second-order valence-corrected chi connectivity index (χ2v) is 10.9. The molecule has 1 aromatic carbocycles. The highest BCUT2D eigenvalue weighted by atomic mass is 19.3. The third kappa shape index (κ3) is 3.49. The van der Waals surface area contributed by atoms with Crippen LogP contribution in [-0.2, 0) is 5.54 Å². The van der Waals surface area contributed by atoms with Crippen molar-refractivity contribution in [2.75, 3.05) is 0 Å². The van der Waals surface area contributed by atoms with Crippen molar-refractivity contribution in [2.45, 2.75) is 50.3 Å². The first-order valence-corrected chi connectivity index (χ1v) is 12.6. The summed E-state index contributed by atoms with van der Waals surface area (Å²) in [6.45, 7) is -1.25. The molecule has 1 amide bonds. The van der Waals surface area contributed by atoms with Crippen LogP contribution >= 0.6 is 0 Å². The number of halogens is 3. The summed E-state index contributed by atoms with van der Waals surface area (Å²) >= 11 is 0. The molecule has 2 aliphatic carbocycles. The Labute approximate surface area is 225 Å². The number of nitrogens with zero attached hydrogens (tertiary/aromatic N) is 6. The van der Waals surface area contributed by atoms with Gasteiger partial charge < -0.3 is 15.8 Å². The van der Waals surface area contributed by atoms with E-state index in [0.29, 0.717) is 53.1 Å². The van der Waals surface area contributed by atoms with Crippen LogP contribution in [0.1, 0.15) is 71.1 Å². The first kappa shape index (κ1) is 24.5. The number of nitrogens with one attached hydrogen (secondary N) is 1. The molecule has 7 rings (SSSR count). The molecule has 202 valence electrons. The minimum Gasteiger partial charge on any atom is -0.434 e. The van der Waals surface area contributed by atoms with Crippen LogP contribution in [0.3, 0.4) is 0 Å². The summed E-state index contributed by atoms with van der Waals surface area (Å²) in [5, 5.41) is 16.7. The van der Waals surface area contributed by atoms with Gasteiger partial charge in [-0.2, -0.15) is 19.1 Å². The molecular formula is C27H21F3N8O2. The van der Waals surface area contributed by atoms with Gasteiger partial charge in [-0.25, -0.2) is 23.9 Å². The number of benzene rings is 1. The van der Waals surface area contributed by atoms with Gasteiger partial charge in [0.05, 0.1) is 35.0 Å². The van der Waals surface area contributed by atoms with Crippen molar-refractivity contribution in [3.05, 3.63) is 70.8 Å². The first-order valence-electron chi connectivity index (χ1n) is 12.6. The highest BCUT2D eigenvalue weighted by molar-refractivity contribution is 5.98. The molecule has 2 bridgehead atoms. The zero-order valence-corrected chi connectivity index (χ0v) is 21.0. The lowest BCUT2D eigenvalue weighted by Gasteiger charge is -2.47. The first-order chi connectivity index (χ1) is 19.1. The predicted octanol–water partition coefficient (Wildman–Crippen LogP) is 3.72. The Kier molecular flexibility index (Phi) is 5.03. The van der Waals surface area contributed by atoms with Crippen LogP contribution in [0, 0.1) is 22.6 Å². The number of carbonyl (C=O) groups excluding carboxylic acids is 1. The van der Waals surface area contributed by atoms with E-state index >= 15 is 4.39 Å². The fourth-order valence-electron chi connectivity index (χ4n) is 6.45. The van der Waals surface area contributed by atoms with Gasteiger partial charge in [0.25, 0.3) is 5.91 Å². The zero-order chi connectivity index (χ0) is 28.0. The number of nitrogens with two attached hydrogens (primary N) is 1. The summed E-state index contributed by atoms with van der Waals surface area (Å²) in [5.74, 6) is -1.40. The Balaban J connectivity index is 1.32. The van der Waals surface area contributed by atoms with Gasteiger partial charge in [0.15, 0.2) is 11.5 Å². The molecule has 2 atom stereocenters. The van der Waals surface area contributed by atoms with Crippen LogP contribution in [0.15, 0.2) is 36.8 Å². The smallest absolute Gasteiger partial charge is 0.387 e. The highest BCUT2D eigenvalue weighted by Gasteiger charge is 2.53. The Morgan fingerprint density at radius 3 is 2.70 bits per heavy atom. The van der Waals surface area contributed by atoms with Crippen LogP contribution in [0.4, 0.5) is 13.2 Å². The molecule has 4 aromatic rings. The van der Waals surface area contributed by atoms with Crippen molar-refractivity contribution in [1.29, 1.82) is 5.26 Å². The van der Waals surface area contributed by atoms with Crippen LogP contribution in [-0.4, -0.2) is 37.1 Å². The fraction of sp³-hybridized carbons (Fsp3) is 0.333. The number of hydrogen-bond donors (Lipinski definition) is 2. The maximum Gasteiger partial charge on any atom is 0.387 e. The standard InChI is InChI=1S/C27H21F3N8O2/c1-26(11-31)9-27(32,10-26)24-33-6-12(7-34-24)20-15(28)8-38-22(36-20)19-14-5-16(21(19)37-38)35-23(39)13-3-2-4-17(18(13)14)40-25(29)30/h2-4,6-8,14,16,25H,5,9-10,32H2,1H3,(H,35,39)/t14-,16-,26?,27?/m1/s1. The Hall–Kier alpha value is -4.57. The maximum absolute atomic E-state index is 15.3. The monoisotopic (exact) mass is 546 g/mol. The molecule has 0 spiro atoms. The second kappa shape index (κ2) is 8.22. The molecule has 10 nitrogen and oxygen atoms in total. The number of rotatable bonds is 4. The van der Waals surface area contributed by atoms with Gasteiger partial charge >= 0.3 is 6.61 Å². The third-order valence-electron chi connectivity index (χ3n) is 8.01. The largest absolute Gasteiger partial charge is 0.434 e. The van der Waals surface area contributed by atoms with Gasteiger partial charge in [-0.15, -0.1) is 0 Å². The van der Waals surface area contributed by atoms with Gasteiger partial charge in [0.2, 0.25) is 0 Å². The molecule has 0 saturated heterocycles. The lowest BCUT2D eigenvalue weighted by atomic mass is 9.59. The second-order valence-electron chi connectivity index (χ2n) is 10.9. The summed E-state index contributed by atoms with van der Waals surface area (Å²) < 4.78 is 47.9. The van der Waals surface area contributed by atoms with E-state index in [9.17, 15) is 18.8 Å². The molecule has 4 heterocycles. The maximum atomic E-state index is 15.3. The van der Waals surface area contributed by atoms with Crippen molar-refractivity contribution >= 4 is 11.6 Å². The van der Waals surface area contributed by atoms with E-state index in [1.807, 2.05) is 6.92 Å². The molecule has 3 aromatic heterocycles. The number of carbonyl (C=O) groups is 1. The minimum absolute atomic E-state index is 0.0241. The summed E-state index contributed by atoms with van der Waals surface area (Å²) in [6.07, 6.45) is 5.23. The van der Waals surface area contributed by atoms with Crippen LogP contribution in [0.2, 0.25) is 0 Å². The molecule has 13 heteroatoms. The Bertz CT molecular complexity index is 1760. The van der Waals surface area contributed by atoms with E-state index in [1.54, 1.807) is 6.07 Å². The van der Waals surface area contributed by atoms with E-state index in [4.69, 9.17) is 10.5 Å². The molecule has 0 radical (unpaired) electrons. The molecular weight excluding hydrogens is 525 g/mol. The van der Waals surface area contributed by atoms with Gasteiger partial charge in [0.1, 0.15) is 17.3 Å². The fourth-order valence-corrected chi connectivity index (χ4v) is 6.45. The average molecular weight is 547 g/mol. The van der Waals surface area contributed by atoms with E-state index < -0.39 is 41.2 Å². The van der Waals surface area contributed by atoms with Crippen LogP contribution in [0.25, 0.3) is 16.9 Å². The number of alkyl halides is 2. The SMILES string of the molecule is CC1(C#N)CC(N)(c2ncc(-c3nc4c5c(nn4cc3F)[C@H]3C[C@@H]5c4c(OC(F)F)cccc4C(=O)N3)cn2)C1. The minimum atomic E-state index is -3.08. The summed E-state index contributed by atoms with van der Waals surface area (Å²) in [5.41, 5.74) is 7.25. The molecule has 3 aliphatic rings. The van der Waals surface area contributed by atoms with E-state index in [2.05, 4.69) is 31.4 Å². The number of aromatic nitrogens is 5. The molecule has 40 heavy (non-hydrogen) atoms. The van der Waals surface area contributed by atoms with Crippen molar-refractivity contribution in [2.24, 2.45) is 11.1 Å². The van der Waals surface area contributed by atoms with Crippen LogP contribution < -0.4 is 15.8 Å². The van der Waals surface area contributed by atoms with E-state index in [0.717, 1.165) is 0 Å². The van der Waals surface area contributed by atoms with Crippen molar-refractivity contribution in [3.8, 4) is 23.1 Å². The Morgan fingerprint density at radius 2 is 2.00 bits per heavy atom. The third-order valence-corrected chi connectivity index (χ3v) is 8.01. The average Bonchev–Trinajstić information content (AvgIpc) is 3.38. The van der Waals surface area contributed by atoms with E-state index in [-0.39, 0.29) is 17.0 Å². The molecule has 0 unspecified atom stereocenters. The summed E-state index contributed by atoms with van der Waals surface area (Å²) in [4.78, 5) is 26.2. The number of hydrogen-bond acceptors (Lipinski definition) is 8. The highest BCUT2D eigenvalue weighted by Crippen LogP contribution is 2.52. The molecule has 1 aliphatic heterocycles.